The van der Waals surface area contributed by atoms with Crippen LogP contribution in [0.25, 0.3) is 0 Å². The van der Waals surface area contributed by atoms with Gasteiger partial charge in [-0.15, -0.1) is 5.06 Å². The van der Waals surface area contributed by atoms with E-state index in [-0.39, 0.29) is 18.8 Å². The molecule has 13 heavy (non-hydrogen) atoms. The lowest BCUT2D eigenvalue weighted by Crippen LogP contribution is -2.32. The average Bonchev–Trinajstić information content (AvgIpc) is 2.32. The van der Waals surface area contributed by atoms with E-state index in [1.807, 2.05) is 0 Å². The third-order valence-corrected chi connectivity index (χ3v) is 1.81. The second kappa shape index (κ2) is 3.55. The molecule has 0 aliphatic carbocycles. The number of hydrogen-bond acceptors (Lipinski definition) is 4. The Morgan fingerprint density at radius 3 is 2.62 bits per heavy atom. The van der Waals surface area contributed by atoms with Gasteiger partial charge < -0.3 is 4.84 Å². The van der Waals surface area contributed by atoms with Crippen LogP contribution in [0.15, 0.2) is 0 Å². The molecule has 5 nitrogen and oxygen atoms in total. The highest BCUT2D eigenvalue weighted by Crippen LogP contribution is 2.18. The Labute approximate surface area is 75.6 Å². The van der Waals surface area contributed by atoms with E-state index in [0.29, 0.717) is 5.06 Å². The molecule has 0 aromatic rings. The zero-order valence-corrected chi connectivity index (χ0v) is 7.57. The first kappa shape index (κ1) is 9.70. The van der Waals surface area contributed by atoms with Gasteiger partial charge in [0.25, 0.3) is 11.8 Å². The first-order valence-corrected chi connectivity index (χ1v) is 4.13. The van der Waals surface area contributed by atoms with Gasteiger partial charge in [-0.25, -0.2) is 4.79 Å². The Kier molecular flexibility index (Phi) is 2.65. The second-order valence-electron chi connectivity index (χ2n) is 2.95. The molecule has 1 saturated heterocycles. The molecule has 0 aromatic carbocycles. The summed E-state index contributed by atoms with van der Waals surface area (Å²) in [7, 11) is 0. The molecule has 5 heteroatoms. The van der Waals surface area contributed by atoms with Gasteiger partial charge in [-0.05, 0) is 0 Å². The summed E-state index contributed by atoms with van der Waals surface area (Å²) in [5.41, 5.74) is 0. The fourth-order valence-corrected chi connectivity index (χ4v) is 1.02. The quantitative estimate of drug-likeness (QED) is 0.578. The fourth-order valence-electron chi connectivity index (χ4n) is 1.02. The van der Waals surface area contributed by atoms with Crippen LogP contribution in [-0.4, -0.2) is 22.8 Å². The summed E-state index contributed by atoms with van der Waals surface area (Å²) in [5.74, 6) is -1.83. The maximum absolute atomic E-state index is 11.2. The van der Waals surface area contributed by atoms with Crippen molar-refractivity contribution in [3.8, 4) is 0 Å². The summed E-state index contributed by atoms with van der Waals surface area (Å²) in [5, 5.41) is 0.566. The van der Waals surface area contributed by atoms with Crippen LogP contribution in [0.5, 0.6) is 0 Å². The standard InChI is InChI=1S/C8H11NO4/c1-3-7(11)13-9-6(10)4-5(2)8(9)12/h5H,3-4H2,1-2H3. The molecule has 0 radical (unpaired) electrons. The van der Waals surface area contributed by atoms with Crippen LogP contribution in [0.4, 0.5) is 0 Å². The van der Waals surface area contributed by atoms with Crippen LogP contribution in [0.3, 0.4) is 0 Å². The van der Waals surface area contributed by atoms with Gasteiger partial charge in [-0.1, -0.05) is 13.8 Å². The van der Waals surface area contributed by atoms with Crippen molar-refractivity contribution in [2.75, 3.05) is 0 Å². The number of carbonyl (C=O) groups is 3. The summed E-state index contributed by atoms with van der Waals surface area (Å²) in [6.45, 7) is 3.22. The molecule has 0 saturated carbocycles. The second-order valence-corrected chi connectivity index (χ2v) is 2.95. The summed E-state index contributed by atoms with van der Waals surface area (Å²) >= 11 is 0. The minimum atomic E-state index is -0.573. The zero-order chi connectivity index (χ0) is 10.0. The van der Waals surface area contributed by atoms with Crippen molar-refractivity contribution in [1.29, 1.82) is 0 Å². The van der Waals surface area contributed by atoms with Crippen molar-refractivity contribution in [3.63, 3.8) is 0 Å². The molecule has 1 rings (SSSR count). The van der Waals surface area contributed by atoms with Crippen molar-refractivity contribution in [2.24, 2.45) is 5.92 Å². The molecule has 2 amide bonds. The summed E-state index contributed by atoms with van der Waals surface area (Å²) in [6, 6.07) is 0. The average molecular weight is 185 g/mol. The molecule has 1 unspecified atom stereocenters. The van der Waals surface area contributed by atoms with Crippen LogP contribution in [0, 0.1) is 5.92 Å². The van der Waals surface area contributed by atoms with Gasteiger partial charge in [0.2, 0.25) is 0 Å². The van der Waals surface area contributed by atoms with E-state index in [1.165, 1.54) is 0 Å². The lowest BCUT2D eigenvalue weighted by atomic mass is 10.1. The lowest BCUT2D eigenvalue weighted by molar-refractivity contribution is -0.197. The van der Waals surface area contributed by atoms with Crippen LogP contribution in [-0.2, 0) is 19.2 Å². The zero-order valence-electron chi connectivity index (χ0n) is 7.57. The molecule has 1 aliphatic heterocycles. The molecule has 0 spiro atoms. The predicted octanol–water partition coefficient (Wildman–Crippen LogP) is 0.250. The molecule has 1 fully saturated rings. The molecule has 1 atom stereocenters. The van der Waals surface area contributed by atoms with Crippen LogP contribution < -0.4 is 0 Å². The molecular formula is C8H11NO4. The summed E-state index contributed by atoms with van der Waals surface area (Å²) in [4.78, 5) is 37.6. The summed E-state index contributed by atoms with van der Waals surface area (Å²) in [6.07, 6.45) is 0.265. The fraction of sp³-hybridized carbons (Fsp3) is 0.625. The number of hydroxylamine groups is 2. The van der Waals surface area contributed by atoms with Crippen molar-refractivity contribution in [2.45, 2.75) is 26.7 Å². The number of carbonyl (C=O) groups excluding carboxylic acids is 3. The Morgan fingerprint density at radius 2 is 2.23 bits per heavy atom. The topological polar surface area (TPSA) is 63.7 Å². The molecule has 0 aromatic heterocycles. The number of amides is 2. The summed E-state index contributed by atoms with van der Waals surface area (Å²) < 4.78 is 0. The number of imide groups is 1. The van der Waals surface area contributed by atoms with E-state index < -0.39 is 17.8 Å². The first-order chi connectivity index (χ1) is 6.06. The van der Waals surface area contributed by atoms with Gasteiger partial charge in [-0.3, -0.25) is 9.59 Å². The Hall–Kier alpha value is -1.39. The maximum Gasteiger partial charge on any atom is 0.332 e. The third-order valence-electron chi connectivity index (χ3n) is 1.81. The number of nitrogens with zero attached hydrogens (tertiary/aromatic N) is 1. The van der Waals surface area contributed by atoms with Gasteiger partial charge in [0.05, 0.1) is 0 Å². The van der Waals surface area contributed by atoms with E-state index >= 15 is 0 Å². The molecule has 0 bridgehead atoms. The molecule has 1 aliphatic rings. The van der Waals surface area contributed by atoms with E-state index in [4.69, 9.17) is 0 Å². The normalized spacial score (nSPS) is 22.3. The maximum atomic E-state index is 11.2. The van der Waals surface area contributed by atoms with Crippen molar-refractivity contribution in [1.82, 2.24) is 5.06 Å². The molecule has 0 N–H and O–H groups in total. The van der Waals surface area contributed by atoms with E-state index in [1.54, 1.807) is 13.8 Å². The van der Waals surface area contributed by atoms with Crippen molar-refractivity contribution >= 4 is 17.8 Å². The Bertz CT molecular complexity index is 261. The highest BCUT2D eigenvalue weighted by molar-refractivity contribution is 6.02. The smallest absolute Gasteiger partial charge is 0.330 e. The SMILES string of the molecule is CCC(=O)ON1C(=O)CC(C)C1=O. The lowest BCUT2D eigenvalue weighted by Gasteiger charge is -2.11. The van der Waals surface area contributed by atoms with E-state index in [0.717, 1.165) is 0 Å². The van der Waals surface area contributed by atoms with Gasteiger partial charge >= 0.3 is 5.97 Å². The van der Waals surface area contributed by atoms with Gasteiger partial charge in [0, 0.05) is 18.8 Å². The Morgan fingerprint density at radius 1 is 1.62 bits per heavy atom. The molecule has 1 heterocycles. The van der Waals surface area contributed by atoms with Crippen molar-refractivity contribution in [3.05, 3.63) is 0 Å². The van der Waals surface area contributed by atoms with E-state index in [9.17, 15) is 14.4 Å². The monoisotopic (exact) mass is 185 g/mol. The Balaban J connectivity index is 2.64. The number of rotatable bonds is 2. The largest absolute Gasteiger partial charge is 0.332 e. The first-order valence-electron chi connectivity index (χ1n) is 4.13. The number of hydrogen-bond donors (Lipinski definition) is 0. The minimum absolute atomic E-state index is 0.121. The third kappa shape index (κ3) is 1.85. The minimum Gasteiger partial charge on any atom is -0.330 e. The van der Waals surface area contributed by atoms with Crippen LogP contribution in [0.1, 0.15) is 26.7 Å². The van der Waals surface area contributed by atoms with Crippen molar-refractivity contribution < 1.29 is 19.2 Å². The molecule has 72 valence electrons. The predicted molar refractivity (Wildman–Crippen MR) is 42.0 cm³/mol. The van der Waals surface area contributed by atoms with E-state index in [2.05, 4.69) is 4.84 Å². The molecular weight excluding hydrogens is 174 g/mol. The van der Waals surface area contributed by atoms with Crippen LogP contribution >= 0.6 is 0 Å². The van der Waals surface area contributed by atoms with Crippen LogP contribution in [0.2, 0.25) is 0 Å². The van der Waals surface area contributed by atoms with Gasteiger partial charge in [0.15, 0.2) is 0 Å². The highest BCUT2D eigenvalue weighted by atomic mass is 16.7. The highest BCUT2D eigenvalue weighted by Gasteiger charge is 2.38. The van der Waals surface area contributed by atoms with Gasteiger partial charge in [-0.2, -0.15) is 0 Å². The van der Waals surface area contributed by atoms with Gasteiger partial charge in [0.1, 0.15) is 0 Å².